The Morgan fingerprint density at radius 3 is 2.66 bits per heavy atom. The van der Waals surface area contributed by atoms with Crippen LogP contribution < -0.4 is 5.32 Å². The Balaban J connectivity index is 1.39. The molecule has 0 bridgehead atoms. The Morgan fingerprint density at radius 1 is 1.09 bits per heavy atom. The van der Waals surface area contributed by atoms with Crippen molar-refractivity contribution in [2.75, 3.05) is 53.0 Å². The van der Waals surface area contributed by atoms with Crippen LogP contribution in [0.15, 0.2) is 52.1 Å². The summed E-state index contributed by atoms with van der Waals surface area (Å²) in [5.74, 6) is 2.02. The fourth-order valence-corrected chi connectivity index (χ4v) is 4.64. The zero-order valence-corrected chi connectivity index (χ0v) is 19.5. The summed E-state index contributed by atoms with van der Waals surface area (Å²) < 4.78 is 11.0. The number of benzene rings is 1. The van der Waals surface area contributed by atoms with Crippen LogP contribution in [0, 0.1) is 0 Å². The summed E-state index contributed by atoms with van der Waals surface area (Å²) in [6.45, 7) is 11.3. The Kier molecular flexibility index (Phi) is 8.20. The zero-order chi connectivity index (χ0) is 22.2. The second kappa shape index (κ2) is 11.5. The van der Waals surface area contributed by atoms with Gasteiger partial charge in [-0.25, -0.2) is 4.99 Å². The molecule has 2 fully saturated rings. The number of furan rings is 1. The molecule has 7 heteroatoms. The number of morpholine rings is 1. The third-order valence-electron chi connectivity index (χ3n) is 6.32. The molecular weight excluding hydrogens is 402 g/mol. The fraction of sp³-hybridized carbons (Fsp3) is 0.560. The first-order valence-electron chi connectivity index (χ1n) is 11.9. The smallest absolute Gasteiger partial charge is 0.194 e. The number of rotatable bonds is 8. The molecule has 2 saturated heterocycles. The largest absolute Gasteiger partial charge is 0.468 e. The van der Waals surface area contributed by atoms with Crippen LogP contribution in [0.3, 0.4) is 0 Å². The summed E-state index contributed by atoms with van der Waals surface area (Å²) >= 11 is 0. The molecule has 1 aromatic heterocycles. The highest BCUT2D eigenvalue weighted by Crippen LogP contribution is 2.18. The van der Waals surface area contributed by atoms with Gasteiger partial charge in [-0.3, -0.25) is 9.80 Å². The van der Waals surface area contributed by atoms with Crippen LogP contribution in [0.1, 0.15) is 30.2 Å². The Morgan fingerprint density at radius 2 is 1.91 bits per heavy atom. The van der Waals surface area contributed by atoms with Gasteiger partial charge in [0.2, 0.25) is 0 Å². The van der Waals surface area contributed by atoms with E-state index in [-0.39, 0.29) is 0 Å². The lowest BCUT2D eigenvalue weighted by molar-refractivity contribution is 0.0195. The predicted molar refractivity (Wildman–Crippen MR) is 128 cm³/mol. The van der Waals surface area contributed by atoms with Gasteiger partial charge in [-0.2, -0.15) is 0 Å². The summed E-state index contributed by atoms with van der Waals surface area (Å²) in [5.41, 5.74) is 2.59. The molecule has 4 rings (SSSR count). The fourth-order valence-electron chi connectivity index (χ4n) is 4.64. The maximum absolute atomic E-state index is 5.53. The summed E-state index contributed by atoms with van der Waals surface area (Å²) in [5, 5.41) is 3.52. The highest BCUT2D eigenvalue weighted by molar-refractivity contribution is 5.80. The summed E-state index contributed by atoms with van der Waals surface area (Å²) in [6.07, 6.45) is 2.93. The van der Waals surface area contributed by atoms with E-state index in [9.17, 15) is 0 Å². The first kappa shape index (κ1) is 22.8. The summed E-state index contributed by atoms with van der Waals surface area (Å²) in [6, 6.07) is 13.2. The molecule has 0 aliphatic carbocycles. The van der Waals surface area contributed by atoms with Crippen molar-refractivity contribution < 1.29 is 9.15 Å². The minimum atomic E-state index is 0.602. The SMILES string of the molecule is CCNC(=NCc1ccccc1CN(C)Cc1ccco1)N1CCC(N2CCOCC2)C1. The van der Waals surface area contributed by atoms with E-state index in [0.29, 0.717) is 12.6 Å². The Bertz CT molecular complexity index is 848. The van der Waals surface area contributed by atoms with Crippen LogP contribution in [0.5, 0.6) is 0 Å². The third kappa shape index (κ3) is 6.12. The predicted octanol–water partition coefficient (Wildman–Crippen LogP) is 2.78. The maximum atomic E-state index is 5.53. The average molecular weight is 440 g/mol. The van der Waals surface area contributed by atoms with Crippen molar-refractivity contribution >= 4 is 5.96 Å². The van der Waals surface area contributed by atoms with Crippen LogP contribution in [0.25, 0.3) is 0 Å². The minimum absolute atomic E-state index is 0.602. The molecule has 2 aliphatic heterocycles. The van der Waals surface area contributed by atoms with Crippen molar-refractivity contribution in [3.8, 4) is 0 Å². The van der Waals surface area contributed by atoms with E-state index >= 15 is 0 Å². The van der Waals surface area contributed by atoms with Gasteiger partial charge in [0.1, 0.15) is 5.76 Å². The van der Waals surface area contributed by atoms with E-state index in [1.54, 1.807) is 6.26 Å². The second-order valence-corrected chi connectivity index (χ2v) is 8.73. The highest BCUT2D eigenvalue weighted by atomic mass is 16.5. The number of nitrogens with zero attached hydrogens (tertiary/aromatic N) is 4. The lowest BCUT2D eigenvalue weighted by Gasteiger charge is -2.32. The molecule has 32 heavy (non-hydrogen) atoms. The number of guanidine groups is 1. The van der Waals surface area contributed by atoms with Crippen LogP contribution in [-0.4, -0.2) is 79.7 Å². The van der Waals surface area contributed by atoms with E-state index in [1.807, 2.05) is 12.1 Å². The number of hydrogen-bond acceptors (Lipinski definition) is 5. The Hall–Kier alpha value is -2.35. The number of hydrogen-bond donors (Lipinski definition) is 1. The lowest BCUT2D eigenvalue weighted by Crippen LogP contribution is -2.46. The molecule has 2 aromatic rings. The average Bonchev–Trinajstić information content (AvgIpc) is 3.50. The molecule has 0 saturated carbocycles. The van der Waals surface area contributed by atoms with Crippen molar-refractivity contribution in [2.24, 2.45) is 4.99 Å². The molecule has 2 aliphatic rings. The van der Waals surface area contributed by atoms with E-state index in [1.165, 1.54) is 17.5 Å². The molecule has 0 spiro atoms. The summed E-state index contributed by atoms with van der Waals surface area (Å²) in [4.78, 5) is 12.3. The van der Waals surface area contributed by atoms with Crippen LogP contribution in [0.4, 0.5) is 0 Å². The number of aliphatic imine (C=N–C) groups is 1. The molecule has 0 radical (unpaired) electrons. The summed E-state index contributed by atoms with van der Waals surface area (Å²) in [7, 11) is 2.13. The minimum Gasteiger partial charge on any atom is -0.468 e. The molecule has 1 aromatic carbocycles. The van der Waals surface area contributed by atoms with Crippen molar-refractivity contribution in [3.63, 3.8) is 0 Å². The molecule has 1 unspecified atom stereocenters. The molecule has 1 N–H and O–H groups in total. The number of nitrogens with one attached hydrogen (secondary N) is 1. The molecule has 7 nitrogen and oxygen atoms in total. The van der Waals surface area contributed by atoms with E-state index < -0.39 is 0 Å². The molecule has 174 valence electrons. The van der Waals surface area contributed by atoms with Gasteiger partial charge in [-0.05, 0) is 43.7 Å². The van der Waals surface area contributed by atoms with Gasteiger partial charge in [0, 0.05) is 45.3 Å². The normalized spacial score (nSPS) is 20.3. The molecule has 0 amide bonds. The topological polar surface area (TPSA) is 56.5 Å². The molecule has 1 atom stereocenters. The standard InChI is InChI=1S/C25H37N5O2/c1-3-26-25(30-11-10-23(19-30)29-12-15-31-16-13-29)27-17-21-7-4-5-8-22(21)18-28(2)20-24-9-6-14-32-24/h4-9,14,23H,3,10-13,15-20H2,1-2H3,(H,26,27). The van der Waals surface area contributed by atoms with E-state index in [2.05, 4.69) is 58.3 Å². The van der Waals surface area contributed by atoms with Crippen molar-refractivity contribution in [3.05, 3.63) is 59.5 Å². The van der Waals surface area contributed by atoms with Crippen LogP contribution in [0.2, 0.25) is 0 Å². The monoisotopic (exact) mass is 439 g/mol. The first-order chi connectivity index (χ1) is 15.7. The number of likely N-dealkylation sites (tertiary alicyclic amines) is 1. The van der Waals surface area contributed by atoms with E-state index in [4.69, 9.17) is 14.1 Å². The Labute approximate surface area is 192 Å². The molecular formula is C25H37N5O2. The van der Waals surface area contributed by atoms with Gasteiger partial charge in [-0.15, -0.1) is 0 Å². The van der Waals surface area contributed by atoms with Gasteiger partial charge >= 0.3 is 0 Å². The third-order valence-corrected chi connectivity index (χ3v) is 6.32. The van der Waals surface area contributed by atoms with Crippen molar-refractivity contribution in [1.29, 1.82) is 0 Å². The van der Waals surface area contributed by atoms with Crippen molar-refractivity contribution in [2.45, 2.75) is 39.0 Å². The second-order valence-electron chi connectivity index (χ2n) is 8.73. The number of ether oxygens (including phenoxy) is 1. The van der Waals surface area contributed by atoms with Gasteiger partial charge in [0.25, 0.3) is 0 Å². The lowest BCUT2D eigenvalue weighted by atomic mass is 10.1. The first-order valence-corrected chi connectivity index (χ1v) is 11.9. The maximum Gasteiger partial charge on any atom is 0.194 e. The van der Waals surface area contributed by atoms with Gasteiger partial charge in [0.15, 0.2) is 5.96 Å². The van der Waals surface area contributed by atoms with Gasteiger partial charge in [-0.1, -0.05) is 24.3 Å². The van der Waals surface area contributed by atoms with Gasteiger partial charge in [0.05, 0.1) is 32.6 Å². The van der Waals surface area contributed by atoms with E-state index in [0.717, 1.165) is 70.7 Å². The van der Waals surface area contributed by atoms with Crippen molar-refractivity contribution in [1.82, 2.24) is 20.0 Å². The highest BCUT2D eigenvalue weighted by Gasteiger charge is 2.30. The quantitative estimate of drug-likeness (QED) is 0.504. The van der Waals surface area contributed by atoms with Crippen LogP contribution >= 0.6 is 0 Å². The zero-order valence-electron chi connectivity index (χ0n) is 19.5. The van der Waals surface area contributed by atoms with Gasteiger partial charge < -0.3 is 19.4 Å². The van der Waals surface area contributed by atoms with Crippen LogP contribution in [-0.2, 0) is 24.4 Å². The molecule has 3 heterocycles.